The molecule has 8 heteroatoms. The van der Waals surface area contributed by atoms with Gasteiger partial charge in [-0.1, -0.05) is 18.2 Å². The third-order valence-electron chi connectivity index (χ3n) is 5.24. The molecule has 0 aromatic heterocycles. The van der Waals surface area contributed by atoms with Gasteiger partial charge in [-0.05, 0) is 57.7 Å². The van der Waals surface area contributed by atoms with Crippen molar-refractivity contribution in [3.05, 3.63) is 34.9 Å². The number of aliphatic hydroxyl groups excluding tert-OH is 1. The molecule has 0 radical (unpaired) electrons. The van der Waals surface area contributed by atoms with Gasteiger partial charge in [0.1, 0.15) is 12.4 Å². The summed E-state index contributed by atoms with van der Waals surface area (Å²) in [5, 5.41) is 15.1. The molecule has 30 heavy (non-hydrogen) atoms. The minimum Gasteiger partial charge on any atom is -0.383 e. The number of likely N-dealkylation sites (N-methyl/N-ethyl adjacent to an activating group) is 1. The lowest BCUT2D eigenvalue weighted by Gasteiger charge is -2.30. The Labute approximate surface area is 177 Å². The van der Waals surface area contributed by atoms with Gasteiger partial charge in [-0.3, -0.25) is 29.4 Å². The highest BCUT2D eigenvalue weighted by Crippen LogP contribution is 2.21. The molecule has 0 aliphatic carbocycles. The average Bonchev–Trinajstić information content (AvgIpc) is 2.68. The van der Waals surface area contributed by atoms with Gasteiger partial charge in [0.05, 0.1) is 6.04 Å². The molecule has 0 spiro atoms. The average molecular weight is 418 g/mol. The number of aliphatic hydroxyl groups is 1. The summed E-state index contributed by atoms with van der Waals surface area (Å²) in [5.41, 5.74) is 2.31. The number of nitrogens with one attached hydrogen (secondary N) is 2. The highest BCUT2D eigenvalue weighted by Gasteiger charge is 2.30. The van der Waals surface area contributed by atoms with Crippen molar-refractivity contribution in [2.24, 2.45) is 0 Å². The molecule has 0 saturated carbocycles. The summed E-state index contributed by atoms with van der Waals surface area (Å²) < 4.78 is 0. The fourth-order valence-electron chi connectivity index (χ4n) is 3.65. The summed E-state index contributed by atoms with van der Waals surface area (Å²) in [6, 6.07) is 4.98. The van der Waals surface area contributed by atoms with E-state index in [0.29, 0.717) is 44.2 Å². The van der Waals surface area contributed by atoms with Crippen molar-refractivity contribution in [1.82, 2.24) is 15.5 Å². The van der Waals surface area contributed by atoms with E-state index < -0.39 is 12.1 Å². The van der Waals surface area contributed by atoms with E-state index in [4.69, 9.17) is 0 Å². The normalized spacial score (nSPS) is 17.7. The number of aryl methyl sites for hydroxylation is 1. The predicted molar refractivity (Wildman–Crippen MR) is 112 cm³/mol. The smallest absolute Gasteiger partial charge is 0.249 e. The van der Waals surface area contributed by atoms with Gasteiger partial charge in [-0.15, -0.1) is 0 Å². The highest BCUT2D eigenvalue weighted by molar-refractivity contribution is 6.00. The maximum absolute atomic E-state index is 12.2. The molecule has 1 fully saturated rings. The number of aldehydes is 1. The van der Waals surface area contributed by atoms with E-state index in [1.807, 2.05) is 24.8 Å². The Kier molecular flexibility index (Phi) is 8.68. The second-order valence-electron chi connectivity index (χ2n) is 8.06. The van der Waals surface area contributed by atoms with Gasteiger partial charge in [-0.2, -0.15) is 0 Å². The Morgan fingerprint density at radius 2 is 2.10 bits per heavy atom. The number of hydrogen-bond acceptors (Lipinski definition) is 6. The summed E-state index contributed by atoms with van der Waals surface area (Å²) in [7, 11) is 1.80. The summed E-state index contributed by atoms with van der Waals surface area (Å²) in [4.78, 5) is 48.8. The third kappa shape index (κ3) is 6.47. The molecule has 1 aromatic carbocycles. The second kappa shape index (κ2) is 11.0. The standard InChI is InChI=1S/C22H31N3O5/c1-14(2)23-22(30)19(27)9-5-7-15-6-4-8-16(13-26)17(15)12-25(3)18-10-11-20(28)24-21(18)29/h4,6,8,13-14,18-19,27H,5,7,9-12H2,1-3H3,(H,23,30)(H,24,28,29). The quantitative estimate of drug-likeness (QED) is 0.386. The van der Waals surface area contributed by atoms with Crippen LogP contribution in [-0.2, 0) is 27.3 Å². The lowest BCUT2D eigenvalue weighted by molar-refractivity contribution is -0.137. The van der Waals surface area contributed by atoms with Crippen LogP contribution in [0.3, 0.4) is 0 Å². The molecular formula is C22H31N3O5. The summed E-state index contributed by atoms with van der Waals surface area (Å²) in [6.45, 7) is 4.05. The fourth-order valence-corrected chi connectivity index (χ4v) is 3.65. The maximum atomic E-state index is 12.2. The number of rotatable bonds is 10. The van der Waals surface area contributed by atoms with E-state index in [1.165, 1.54) is 0 Å². The zero-order valence-electron chi connectivity index (χ0n) is 17.8. The summed E-state index contributed by atoms with van der Waals surface area (Å²) >= 11 is 0. The van der Waals surface area contributed by atoms with Crippen LogP contribution in [0.4, 0.5) is 0 Å². The van der Waals surface area contributed by atoms with Gasteiger partial charge in [0.25, 0.3) is 0 Å². The number of benzene rings is 1. The van der Waals surface area contributed by atoms with Gasteiger partial charge >= 0.3 is 0 Å². The van der Waals surface area contributed by atoms with Crippen molar-refractivity contribution in [2.75, 3.05) is 7.05 Å². The number of hydrogen-bond donors (Lipinski definition) is 3. The number of carbonyl (C=O) groups excluding carboxylic acids is 4. The van der Waals surface area contributed by atoms with Crippen molar-refractivity contribution in [3.63, 3.8) is 0 Å². The molecule has 1 aliphatic heterocycles. The van der Waals surface area contributed by atoms with E-state index in [1.54, 1.807) is 19.2 Å². The maximum Gasteiger partial charge on any atom is 0.249 e. The van der Waals surface area contributed by atoms with Crippen LogP contribution in [-0.4, -0.2) is 59.2 Å². The van der Waals surface area contributed by atoms with Gasteiger partial charge in [-0.25, -0.2) is 0 Å². The SMILES string of the molecule is CC(C)NC(=O)C(O)CCCc1cccc(C=O)c1CN(C)C1CCC(=O)NC1=O. The molecule has 2 unspecified atom stereocenters. The predicted octanol–water partition coefficient (Wildman–Crippen LogP) is 0.944. The number of imide groups is 1. The fraction of sp³-hybridized carbons (Fsp3) is 0.545. The van der Waals surface area contributed by atoms with Crippen LogP contribution in [0.25, 0.3) is 0 Å². The first-order chi connectivity index (χ1) is 14.2. The molecule has 1 aliphatic rings. The first-order valence-electron chi connectivity index (χ1n) is 10.3. The number of carbonyl (C=O) groups is 4. The zero-order chi connectivity index (χ0) is 22.3. The highest BCUT2D eigenvalue weighted by atomic mass is 16.3. The molecule has 1 saturated heterocycles. The molecule has 0 bridgehead atoms. The Hall–Kier alpha value is -2.58. The Morgan fingerprint density at radius 3 is 2.73 bits per heavy atom. The molecule has 1 aromatic rings. The van der Waals surface area contributed by atoms with Crippen molar-refractivity contribution in [1.29, 1.82) is 0 Å². The number of piperidine rings is 1. The summed E-state index contributed by atoms with van der Waals surface area (Å²) in [6.07, 6.45) is 1.93. The second-order valence-corrected chi connectivity index (χ2v) is 8.06. The topological polar surface area (TPSA) is 116 Å². The molecule has 3 amide bonds. The largest absolute Gasteiger partial charge is 0.383 e. The molecule has 2 atom stereocenters. The van der Waals surface area contributed by atoms with Crippen LogP contribution in [0.15, 0.2) is 18.2 Å². The minimum atomic E-state index is -1.07. The Balaban J connectivity index is 2.05. The lowest BCUT2D eigenvalue weighted by Crippen LogP contribution is -2.51. The lowest BCUT2D eigenvalue weighted by atomic mass is 9.95. The van der Waals surface area contributed by atoms with Crippen molar-refractivity contribution < 1.29 is 24.3 Å². The van der Waals surface area contributed by atoms with E-state index in [2.05, 4.69) is 10.6 Å². The van der Waals surface area contributed by atoms with Crippen molar-refractivity contribution >= 4 is 24.0 Å². The van der Waals surface area contributed by atoms with Crippen LogP contribution >= 0.6 is 0 Å². The summed E-state index contributed by atoms with van der Waals surface area (Å²) in [5.74, 6) is -0.971. The number of amides is 3. The Bertz CT molecular complexity index is 793. The Morgan fingerprint density at radius 1 is 1.37 bits per heavy atom. The first kappa shape index (κ1) is 23.7. The van der Waals surface area contributed by atoms with E-state index in [-0.39, 0.29) is 23.8 Å². The number of nitrogens with zero attached hydrogens (tertiary/aromatic N) is 1. The van der Waals surface area contributed by atoms with Crippen LogP contribution < -0.4 is 10.6 Å². The van der Waals surface area contributed by atoms with Gasteiger partial charge < -0.3 is 10.4 Å². The minimum absolute atomic E-state index is 0.0363. The molecular weight excluding hydrogens is 386 g/mol. The van der Waals surface area contributed by atoms with Crippen LogP contribution in [0, 0.1) is 0 Å². The third-order valence-corrected chi connectivity index (χ3v) is 5.24. The molecule has 3 N–H and O–H groups in total. The van der Waals surface area contributed by atoms with E-state index in [9.17, 15) is 24.3 Å². The van der Waals surface area contributed by atoms with E-state index in [0.717, 1.165) is 17.4 Å². The molecule has 164 valence electrons. The van der Waals surface area contributed by atoms with Crippen LogP contribution in [0.1, 0.15) is 61.0 Å². The molecule has 2 rings (SSSR count). The molecule has 8 nitrogen and oxygen atoms in total. The zero-order valence-corrected chi connectivity index (χ0v) is 17.8. The first-order valence-corrected chi connectivity index (χ1v) is 10.3. The van der Waals surface area contributed by atoms with Crippen LogP contribution in [0.2, 0.25) is 0 Å². The van der Waals surface area contributed by atoms with Crippen molar-refractivity contribution in [2.45, 2.75) is 70.7 Å². The monoisotopic (exact) mass is 417 g/mol. The van der Waals surface area contributed by atoms with Gasteiger partial charge in [0, 0.05) is 24.6 Å². The van der Waals surface area contributed by atoms with Crippen LogP contribution in [0.5, 0.6) is 0 Å². The van der Waals surface area contributed by atoms with Crippen molar-refractivity contribution in [3.8, 4) is 0 Å². The van der Waals surface area contributed by atoms with E-state index >= 15 is 0 Å². The molecule has 1 heterocycles. The van der Waals surface area contributed by atoms with Gasteiger partial charge in [0.15, 0.2) is 0 Å². The van der Waals surface area contributed by atoms with Gasteiger partial charge in [0.2, 0.25) is 17.7 Å².